The Kier molecular flexibility index (Phi) is 4.18. The highest BCUT2D eigenvalue weighted by Crippen LogP contribution is 2.36. The number of alkyl halides is 1. The van der Waals surface area contributed by atoms with Crippen molar-refractivity contribution in [3.8, 4) is 0 Å². The van der Waals surface area contributed by atoms with Crippen molar-refractivity contribution >= 4 is 56.4 Å². The van der Waals surface area contributed by atoms with Crippen LogP contribution in [0.2, 0.25) is 10.0 Å². The number of thiazole rings is 1. The fraction of sp³-hybridized carbons (Fsp3) is 0.133. The van der Waals surface area contributed by atoms with Crippen LogP contribution < -0.4 is 0 Å². The summed E-state index contributed by atoms with van der Waals surface area (Å²) >= 11 is 20.3. The number of hydrogen-bond donors (Lipinski definition) is 0. The van der Waals surface area contributed by atoms with E-state index >= 15 is 0 Å². The number of rotatable bonds is 3. The highest BCUT2D eigenvalue weighted by Gasteiger charge is 2.16. The van der Waals surface area contributed by atoms with Crippen molar-refractivity contribution in [1.29, 1.82) is 0 Å². The molecule has 1 heterocycles. The van der Waals surface area contributed by atoms with E-state index in [0.717, 1.165) is 16.1 Å². The van der Waals surface area contributed by atoms with Gasteiger partial charge in [-0.05, 0) is 23.8 Å². The highest BCUT2D eigenvalue weighted by molar-refractivity contribution is 7.18. The number of halogens is 3. The van der Waals surface area contributed by atoms with Gasteiger partial charge in [0.25, 0.3) is 0 Å². The number of fused-ring (bicyclic) bond motifs is 1. The van der Waals surface area contributed by atoms with E-state index in [1.54, 1.807) is 17.4 Å². The lowest BCUT2D eigenvalue weighted by atomic mass is 10.1. The van der Waals surface area contributed by atoms with Gasteiger partial charge in [0.1, 0.15) is 0 Å². The third-order valence-corrected chi connectivity index (χ3v) is 5.29. The van der Waals surface area contributed by atoms with Gasteiger partial charge >= 0.3 is 0 Å². The Bertz CT molecular complexity index is 721. The number of para-hydroxylation sites is 1. The summed E-state index contributed by atoms with van der Waals surface area (Å²) in [6, 6.07) is 13.6. The van der Waals surface area contributed by atoms with E-state index in [2.05, 4.69) is 11.1 Å². The Morgan fingerprint density at radius 2 is 1.85 bits per heavy atom. The van der Waals surface area contributed by atoms with Crippen molar-refractivity contribution in [3.63, 3.8) is 0 Å². The van der Waals surface area contributed by atoms with Crippen LogP contribution in [0.15, 0.2) is 42.5 Å². The number of aromatic nitrogens is 1. The Balaban J connectivity index is 1.88. The maximum atomic E-state index is 6.47. The predicted molar refractivity (Wildman–Crippen MR) is 88.4 cm³/mol. The van der Waals surface area contributed by atoms with E-state index < -0.39 is 0 Å². The van der Waals surface area contributed by atoms with Gasteiger partial charge in [-0.15, -0.1) is 22.9 Å². The average molecular weight is 343 g/mol. The number of nitrogens with zero attached hydrogens (tertiary/aromatic N) is 1. The van der Waals surface area contributed by atoms with E-state index in [1.165, 1.54) is 4.70 Å². The Morgan fingerprint density at radius 1 is 1.05 bits per heavy atom. The lowest BCUT2D eigenvalue weighted by Crippen LogP contribution is -1.96. The van der Waals surface area contributed by atoms with Crippen molar-refractivity contribution in [2.75, 3.05) is 0 Å². The van der Waals surface area contributed by atoms with Gasteiger partial charge < -0.3 is 0 Å². The molecular weight excluding hydrogens is 333 g/mol. The van der Waals surface area contributed by atoms with Gasteiger partial charge in [0.2, 0.25) is 0 Å². The quantitative estimate of drug-likeness (QED) is 0.522. The van der Waals surface area contributed by atoms with E-state index in [1.807, 2.05) is 30.3 Å². The molecule has 3 rings (SSSR count). The van der Waals surface area contributed by atoms with E-state index in [-0.39, 0.29) is 5.38 Å². The first-order chi connectivity index (χ1) is 9.65. The van der Waals surface area contributed by atoms with Crippen molar-refractivity contribution < 1.29 is 0 Å². The van der Waals surface area contributed by atoms with Crippen molar-refractivity contribution in [3.05, 3.63) is 63.1 Å². The third-order valence-electron chi connectivity index (χ3n) is 3.01. The normalized spacial score (nSPS) is 12.8. The third kappa shape index (κ3) is 2.79. The van der Waals surface area contributed by atoms with Crippen LogP contribution in [0, 0.1) is 0 Å². The summed E-state index contributed by atoms with van der Waals surface area (Å²) in [5.74, 6) is 0. The monoisotopic (exact) mass is 341 g/mol. The number of hydrogen-bond acceptors (Lipinski definition) is 2. The molecule has 2 aromatic carbocycles. The minimum absolute atomic E-state index is 0.234. The first kappa shape index (κ1) is 14.2. The van der Waals surface area contributed by atoms with Gasteiger partial charge in [0.05, 0.1) is 30.6 Å². The highest BCUT2D eigenvalue weighted by atomic mass is 35.5. The molecule has 0 bridgehead atoms. The summed E-state index contributed by atoms with van der Waals surface area (Å²) in [5, 5.41) is 1.82. The molecule has 0 aliphatic rings. The van der Waals surface area contributed by atoms with Crippen LogP contribution in [0.3, 0.4) is 0 Å². The van der Waals surface area contributed by atoms with Gasteiger partial charge in [-0.25, -0.2) is 4.98 Å². The first-order valence-electron chi connectivity index (χ1n) is 6.07. The maximum absolute atomic E-state index is 6.47. The lowest BCUT2D eigenvalue weighted by molar-refractivity contribution is 0.911. The molecule has 0 saturated heterocycles. The molecule has 0 aliphatic heterocycles. The van der Waals surface area contributed by atoms with Crippen LogP contribution in [-0.2, 0) is 6.42 Å². The Hall–Kier alpha value is -0.800. The fourth-order valence-corrected chi connectivity index (χ4v) is 3.96. The zero-order chi connectivity index (χ0) is 14.1. The maximum Gasteiger partial charge on any atom is 0.0956 e. The summed E-state index contributed by atoms with van der Waals surface area (Å²) in [4.78, 5) is 4.59. The second kappa shape index (κ2) is 5.90. The molecule has 20 heavy (non-hydrogen) atoms. The van der Waals surface area contributed by atoms with Gasteiger partial charge in [-0.2, -0.15) is 0 Å². The smallest absolute Gasteiger partial charge is 0.0956 e. The van der Waals surface area contributed by atoms with Crippen LogP contribution >= 0.6 is 46.1 Å². The second-order valence-corrected chi connectivity index (χ2v) is 6.82. The molecule has 0 N–H and O–H groups in total. The molecule has 3 aromatic rings. The molecule has 0 amide bonds. The molecule has 0 fully saturated rings. The predicted octanol–water partition coefficient (Wildman–Crippen LogP) is 6.13. The molecule has 1 unspecified atom stereocenters. The summed E-state index contributed by atoms with van der Waals surface area (Å²) < 4.78 is 1.17. The average Bonchev–Trinajstić information content (AvgIpc) is 2.83. The zero-order valence-electron chi connectivity index (χ0n) is 10.3. The Morgan fingerprint density at radius 3 is 2.65 bits per heavy atom. The molecular formula is C15H10Cl3NS. The molecule has 102 valence electrons. The van der Waals surface area contributed by atoms with Gasteiger partial charge in [0.15, 0.2) is 0 Å². The zero-order valence-corrected chi connectivity index (χ0v) is 13.4. The van der Waals surface area contributed by atoms with Crippen LogP contribution in [0.25, 0.3) is 10.2 Å². The largest absolute Gasteiger partial charge is 0.241 e. The molecule has 0 saturated carbocycles. The van der Waals surface area contributed by atoms with Crippen LogP contribution in [-0.4, -0.2) is 4.98 Å². The van der Waals surface area contributed by atoms with Crippen molar-refractivity contribution in [2.45, 2.75) is 11.8 Å². The topological polar surface area (TPSA) is 12.9 Å². The van der Waals surface area contributed by atoms with Gasteiger partial charge in [-0.3, -0.25) is 0 Å². The summed E-state index contributed by atoms with van der Waals surface area (Å²) in [6.07, 6.45) is 0.640. The minimum Gasteiger partial charge on any atom is -0.241 e. The first-order valence-corrected chi connectivity index (χ1v) is 8.08. The van der Waals surface area contributed by atoms with Crippen molar-refractivity contribution in [1.82, 2.24) is 4.98 Å². The standard InChI is InChI=1S/C15H10Cl3NS/c16-10-5-3-4-9(15(10)18)11(17)8-14-19-12-6-1-2-7-13(12)20-14/h1-7,11H,8H2. The summed E-state index contributed by atoms with van der Waals surface area (Å²) in [5.41, 5.74) is 1.86. The molecule has 0 aliphatic carbocycles. The fourth-order valence-electron chi connectivity index (χ4n) is 2.03. The molecule has 1 nitrogen and oxygen atoms in total. The lowest BCUT2D eigenvalue weighted by Gasteiger charge is -2.10. The van der Waals surface area contributed by atoms with Crippen LogP contribution in [0.5, 0.6) is 0 Å². The SMILES string of the molecule is Clc1cccc(C(Cl)Cc2nc3ccccc3s2)c1Cl. The van der Waals surface area contributed by atoms with Crippen LogP contribution in [0.1, 0.15) is 15.9 Å². The van der Waals surface area contributed by atoms with Crippen molar-refractivity contribution in [2.24, 2.45) is 0 Å². The minimum atomic E-state index is -0.234. The molecule has 1 aromatic heterocycles. The van der Waals surface area contributed by atoms with E-state index in [9.17, 15) is 0 Å². The van der Waals surface area contributed by atoms with E-state index in [4.69, 9.17) is 34.8 Å². The summed E-state index contributed by atoms with van der Waals surface area (Å²) in [6.45, 7) is 0. The molecule has 0 spiro atoms. The van der Waals surface area contributed by atoms with Crippen LogP contribution in [0.4, 0.5) is 0 Å². The Labute approximate surface area is 136 Å². The molecule has 1 atom stereocenters. The second-order valence-electron chi connectivity index (χ2n) is 4.39. The number of benzene rings is 2. The molecule has 0 radical (unpaired) electrons. The summed E-state index contributed by atoms with van der Waals surface area (Å²) in [7, 11) is 0. The van der Waals surface area contributed by atoms with Gasteiger partial charge in [0, 0.05) is 6.42 Å². The van der Waals surface area contributed by atoms with E-state index in [0.29, 0.717) is 16.5 Å². The molecule has 5 heteroatoms. The van der Waals surface area contributed by atoms with Gasteiger partial charge in [-0.1, -0.05) is 47.5 Å².